The molecule has 4 aromatic rings. The van der Waals surface area contributed by atoms with Crippen LogP contribution in [0.3, 0.4) is 0 Å². The summed E-state index contributed by atoms with van der Waals surface area (Å²) in [5.41, 5.74) is 6.84. The number of halogens is 1. The van der Waals surface area contributed by atoms with Crippen LogP contribution in [0.1, 0.15) is 32.7 Å². The van der Waals surface area contributed by atoms with Gasteiger partial charge in [-0.1, -0.05) is 64.5 Å². The molecule has 1 amide bonds. The van der Waals surface area contributed by atoms with Crippen molar-refractivity contribution < 1.29 is 4.79 Å². The van der Waals surface area contributed by atoms with Gasteiger partial charge in [-0.25, -0.2) is 0 Å². The highest BCUT2D eigenvalue weighted by molar-refractivity contribution is 9.10. The molecule has 0 atom stereocenters. The molecular weight excluding hydrogens is 462 g/mol. The van der Waals surface area contributed by atoms with E-state index in [0.29, 0.717) is 6.54 Å². The van der Waals surface area contributed by atoms with Crippen LogP contribution in [0.15, 0.2) is 77.3 Å². The highest BCUT2D eigenvalue weighted by atomic mass is 79.9. The van der Waals surface area contributed by atoms with Gasteiger partial charge in [0, 0.05) is 52.9 Å². The summed E-state index contributed by atoms with van der Waals surface area (Å²) >= 11 is 3.53. The summed E-state index contributed by atoms with van der Waals surface area (Å²) in [5.74, 6) is -0.0804. The molecule has 0 spiro atoms. The van der Waals surface area contributed by atoms with Crippen molar-refractivity contribution in [2.24, 2.45) is 0 Å². The Labute approximate surface area is 196 Å². The van der Waals surface area contributed by atoms with Gasteiger partial charge in [0.1, 0.15) is 0 Å². The number of nitrogens with one attached hydrogen (secondary N) is 1. The highest BCUT2D eigenvalue weighted by Gasteiger charge is 2.26. The molecule has 0 radical (unpaired) electrons. The van der Waals surface area contributed by atoms with Gasteiger partial charge in [0.25, 0.3) is 5.91 Å². The minimum atomic E-state index is -0.0804. The number of pyridine rings is 1. The molecule has 0 bridgehead atoms. The fourth-order valence-corrected chi connectivity index (χ4v) is 4.64. The number of hydrogen-bond donors (Lipinski definition) is 1. The summed E-state index contributed by atoms with van der Waals surface area (Å²) in [6.45, 7) is 4.52. The minimum absolute atomic E-state index is 0.0804. The fourth-order valence-electron chi connectivity index (χ4n) is 4.40. The van der Waals surface area contributed by atoms with E-state index in [4.69, 9.17) is 4.98 Å². The van der Waals surface area contributed by atoms with Gasteiger partial charge in [-0.15, -0.1) is 0 Å². The molecule has 5 heteroatoms. The van der Waals surface area contributed by atoms with Crippen LogP contribution in [0.4, 0.5) is 5.69 Å². The lowest BCUT2D eigenvalue weighted by Gasteiger charge is -2.30. The van der Waals surface area contributed by atoms with E-state index in [9.17, 15) is 4.79 Å². The average molecular weight is 486 g/mol. The van der Waals surface area contributed by atoms with Crippen LogP contribution in [0.25, 0.3) is 10.9 Å². The summed E-state index contributed by atoms with van der Waals surface area (Å²) in [4.78, 5) is 20.9. The SMILES string of the molecule is Cc1cc(NC(=O)c2c3c(nc4ccccc24)CCN(Cc2ccccc2)C3)ccc1Br. The smallest absolute Gasteiger partial charge is 0.256 e. The zero-order valence-corrected chi connectivity index (χ0v) is 19.5. The topological polar surface area (TPSA) is 45.2 Å². The zero-order chi connectivity index (χ0) is 22.1. The molecule has 32 heavy (non-hydrogen) atoms. The summed E-state index contributed by atoms with van der Waals surface area (Å²) in [5, 5.41) is 4.03. The highest BCUT2D eigenvalue weighted by Crippen LogP contribution is 2.30. The largest absolute Gasteiger partial charge is 0.322 e. The van der Waals surface area contributed by atoms with Gasteiger partial charge in [0.15, 0.2) is 0 Å². The van der Waals surface area contributed by atoms with Crippen LogP contribution in [0.5, 0.6) is 0 Å². The monoisotopic (exact) mass is 485 g/mol. The quantitative estimate of drug-likeness (QED) is 0.378. The first-order valence-corrected chi connectivity index (χ1v) is 11.6. The molecule has 0 saturated carbocycles. The molecule has 1 aliphatic heterocycles. The Morgan fingerprint density at radius 1 is 1.06 bits per heavy atom. The number of fused-ring (bicyclic) bond motifs is 2. The third-order valence-corrected chi connectivity index (χ3v) is 6.91. The number of carbonyl (C=O) groups excluding carboxylic acids is 1. The van der Waals surface area contributed by atoms with E-state index in [2.05, 4.69) is 50.4 Å². The number of hydrogen-bond acceptors (Lipinski definition) is 3. The number of nitrogens with zero attached hydrogens (tertiary/aromatic N) is 2. The van der Waals surface area contributed by atoms with Crippen molar-refractivity contribution in [1.82, 2.24) is 9.88 Å². The van der Waals surface area contributed by atoms with Gasteiger partial charge in [0.05, 0.1) is 11.1 Å². The number of aryl methyl sites for hydroxylation is 1. The Morgan fingerprint density at radius 2 is 1.84 bits per heavy atom. The standard InChI is InChI=1S/C27H24BrN3O/c1-18-15-20(11-12-23(18)28)29-27(32)26-21-9-5-6-10-24(21)30-25-13-14-31(17-22(25)26)16-19-7-3-2-4-8-19/h2-12,15H,13-14,16-17H2,1H3,(H,29,32). The van der Waals surface area contributed by atoms with Gasteiger partial charge >= 0.3 is 0 Å². The number of aromatic nitrogens is 1. The van der Waals surface area contributed by atoms with Crippen LogP contribution in [-0.4, -0.2) is 22.3 Å². The molecule has 1 aliphatic rings. The molecule has 160 valence electrons. The summed E-state index contributed by atoms with van der Waals surface area (Å²) in [6.07, 6.45) is 0.838. The van der Waals surface area contributed by atoms with Gasteiger partial charge in [-0.05, 0) is 42.3 Å². The van der Waals surface area contributed by atoms with Crippen LogP contribution in [0.2, 0.25) is 0 Å². The summed E-state index contributed by atoms with van der Waals surface area (Å²) in [6, 6.07) is 24.3. The molecule has 4 nitrogen and oxygen atoms in total. The number of benzene rings is 3. The van der Waals surface area contributed by atoms with Crippen LogP contribution >= 0.6 is 15.9 Å². The van der Waals surface area contributed by atoms with Crippen molar-refractivity contribution >= 4 is 38.4 Å². The van der Waals surface area contributed by atoms with E-state index in [-0.39, 0.29) is 5.91 Å². The lowest BCUT2D eigenvalue weighted by Crippen LogP contribution is -2.32. The second-order valence-electron chi connectivity index (χ2n) is 8.29. The van der Waals surface area contributed by atoms with Crippen molar-refractivity contribution in [3.63, 3.8) is 0 Å². The Hall–Kier alpha value is -3.02. The summed E-state index contributed by atoms with van der Waals surface area (Å²) < 4.78 is 1.03. The minimum Gasteiger partial charge on any atom is -0.322 e. The molecule has 0 aliphatic carbocycles. The number of anilines is 1. The van der Waals surface area contributed by atoms with Crippen molar-refractivity contribution in [2.75, 3.05) is 11.9 Å². The normalized spacial score (nSPS) is 13.7. The molecule has 2 heterocycles. The van der Waals surface area contributed by atoms with Crippen LogP contribution in [0, 0.1) is 6.92 Å². The molecule has 3 aromatic carbocycles. The average Bonchev–Trinajstić information content (AvgIpc) is 2.80. The molecule has 1 aromatic heterocycles. The van der Waals surface area contributed by atoms with Gasteiger partial charge in [0.2, 0.25) is 0 Å². The Bertz CT molecular complexity index is 1300. The Kier molecular flexibility index (Phi) is 5.77. The number of amides is 1. The maximum atomic E-state index is 13.6. The maximum absolute atomic E-state index is 13.6. The van der Waals surface area contributed by atoms with Gasteiger partial charge in [-0.2, -0.15) is 0 Å². The first-order chi connectivity index (χ1) is 15.6. The first kappa shape index (κ1) is 20.9. The molecule has 0 fully saturated rings. The van der Waals surface area contributed by atoms with E-state index in [1.54, 1.807) is 0 Å². The Morgan fingerprint density at radius 3 is 2.66 bits per heavy atom. The zero-order valence-electron chi connectivity index (χ0n) is 17.9. The third kappa shape index (κ3) is 4.18. The van der Waals surface area contributed by atoms with E-state index < -0.39 is 0 Å². The second-order valence-corrected chi connectivity index (χ2v) is 9.15. The van der Waals surface area contributed by atoms with Crippen LogP contribution in [-0.2, 0) is 19.5 Å². The lowest BCUT2D eigenvalue weighted by molar-refractivity contribution is 0.102. The molecular formula is C27H24BrN3O. The molecule has 0 saturated heterocycles. The second kappa shape index (κ2) is 8.85. The van der Waals surface area contributed by atoms with E-state index in [1.807, 2.05) is 55.5 Å². The number of para-hydroxylation sites is 1. The molecule has 5 rings (SSSR count). The van der Waals surface area contributed by atoms with Crippen molar-refractivity contribution in [3.05, 3.63) is 105 Å². The number of rotatable bonds is 4. The Balaban J connectivity index is 1.53. The predicted octanol–water partition coefficient (Wildman–Crippen LogP) is 6.12. The van der Waals surface area contributed by atoms with E-state index in [0.717, 1.165) is 63.0 Å². The van der Waals surface area contributed by atoms with Crippen molar-refractivity contribution in [1.29, 1.82) is 0 Å². The van der Waals surface area contributed by atoms with E-state index >= 15 is 0 Å². The van der Waals surface area contributed by atoms with Gasteiger partial charge < -0.3 is 5.32 Å². The van der Waals surface area contributed by atoms with Crippen molar-refractivity contribution in [2.45, 2.75) is 26.4 Å². The maximum Gasteiger partial charge on any atom is 0.256 e. The number of carbonyl (C=O) groups is 1. The van der Waals surface area contributed by atoms with Gasteiger partial charge in [-0.3, -0.25) is 14.7 Å². The predicted molar refractivity (Wildman–Crippen MR) is 133 cm³/mol. The van der Waals surface area contributed by atoms with E-state index in [1.165, 1.54) is 5.56 Å². The lowest BCUT2D eigenvalue weighted by atomic mass is 9.94. The van der Waals surface area contributed by atoms with Crippen molar-refractivity contribution in [3.8, 4) is 0 Å². The molecule has 1 N–H and O–H groups in total. The molecule has 0 unspecified atom stereocenters. The van der Waals surface area contributed by atoms with Crippen LogP contribution < -0.4 is 5.32 Å². The first-order valence-electron chi connectivity index (χ1n) is 10.8. The third-order valence-electron chi connectivity index (χ3n) is 6.02. The fraction of sp³-hybridized carbons (Fsp3) is 0.185. The summed E-state index contributed by atoms with van der Waals surface area (Å²) in [7, 11) is 0.